The Hall–Kier alpha value is -2.13. The summed E-state index contributed by atoms with van der Waals surface area (Å²) in [5, 5.41) is 13.4. The third-order valence-electron chi connectivity index (χ3n) is 3.09. The zero-order valence-corrected chi connectivity index (χ0v) is 9.05. The lowest BCUT2D eigenvalue weighted by atomic mass is 9.88. The van der Waals surface area contributed by atoms with Crippen molar-refractivity contribution in [3.8, 4) is 0 Å². The summed E-state index contributed by atoms with van der Waals surface area (Å²) in [6.07, 6.45) is 0. The van der Waals surface area contributed by atoms with Crippen LogP contribution in [0.15, 0.2) is 54.6 Å². The topological polar surface area (TPSA) is 49.3 Å². The maximum Gasteiger partial charge on any atom is 0.265 e. The minimum Gasteiger partial charge on any atom is -0.372 e. The molecule has 0 radical (unpaired) electrons. The summed E-state index contributed by atoms with van der Waals surface area (Å²) < 4.78 is 0. The maximum absolute atomic E-state index is 12.0. The largest absolute Gasteiger partial charge is 0.372 e. The van der Waals surface area contributed by atoms with Gasteiger partial charge in [0, 0.05) is 11.3 Å². The average molecular weight is 225 g/mol. The highest BCUT2D eigenvalue weighted by Crippen LogP contribution is 2.40. The highest BCUT2D eigenvalue weighted by atomic mass is 16.3. The maximum atomic E-state index is 12.0. The first-order valence-corrected chi connectivity index (χ1v) is 5.42. The van der Waals surface area contributed by atoms with Gasteiger partial charge >= 0.3 is 0 Å². The molecule has 0 bridgehead atoms. The summed E-state index contributed by atoms with van der Waals surface area (Å²) in [7, 11) is 0. The van der Waals surface area contributed by atoms with Crippen molar-refractivity contribution in [1.29, 1.82) is 0 Å². The number of hydrogen-bond acceptors (Lipinski definition) is 2. The molecule has 0 saturated carbocycles. The number of hydrogen-bond donors (Lipinski definition) is 2. The Balaban J connectivity index is 2.24. The number of fused-ring (bicyclic) bond motifs is 1. The highest BCUT2D eigenvalue weighted by molar-refractivity contribution is 6.07. The van der Waals surface area contributed by atoms with E-state index in [2.05, 4.69) is 5.32 Å². The third-order valence-corrected chi connectivity index (χ3v) is 3.09. The normalized spacial score (nSPS) is 22.1. The molecule has 1 heterocycles. The van der Waals surface area contributed by atoms with E-state index in [0.29, 0.717) is 16.8 Å². The summed E-state index contributed by atoms with van der Waals surface area (Å²) in [5.74, 6) is -0.398. The van der Waals surface area contributed by atoms with Gasteiger partial charge in [-0.25, -0.2) is 0 Å². The van der Waals surface area contributed by atoms with Gasteiger partial charge in [0.25, 0.3) is 5.91 Å². The van der Waals surface area contributed by atoms with E-state index < -0.39 is 11.5 Å². The van der Waals surface area contributed by atoms with Crippen LogP contribution in [-0.2, 0) is 10.4 Å². The predicted molar refractivity (Wildman–Crippen MR) is 64.5 cm³/mol. The average Bonchev–Trinajstić information content (AvgIpc) is 2.64. The SMILES string of the molecule is O=C1Nc2ccccc2[C@]1(O)c1ccccc1. The molecule has 0 saturated heterocycles. The van der Waals surface area contributed by atoms with Gasteiger partial charge in [0.05, 0.1) is 0 Å². The molecule has 0 unspecified atom stereocenters. The van der Waals surface area contributed by atoms with Crippen molar-refractivity contribution < 1.29 is 9.90 Å². The number of carbonyl (C=O) groups is 1. The van der Waals surface area contributed by atoms with Crippen LogP contribution >= 0.6 is 0 Å². The van der Waals surface area contributed by atoms with Crippen LogP contribution in [0.2, 0.25) is 0 Å². The highest BCUT2D eigenvalue weighted by Gasteiger charge is 2.46. The number of rotatable bonds is 1. The van der Waals surface area contributed by atoms with Gasteiger partial charge < -0.3 is 10.4 Å². The van der Waals surface area contributed by atoms with Crippen LogP contribution in [0.1, 0.15) is 11.1 Å². The van der Waals surface area contributed by atoms with Gasteiger partial charge in [-0.2, -0.15) is 0 Å². The fourth-order valence-electron chi connectivity index (χ4n) is 2.21. The molecule has 2 N–H and O–H groups in total. The lowest BCUT2D eigenvalue weighted by Gasteiger charge is -2.21. The first-order valence-electron chi connectivity index (χ1n) is 5.42. The van der Waals surface area contributed by atoms with Crippen molar-refractivity contribution in [3.63, 3.8) is 0 Å². The quantitative estimate of drug-likeness (QED) is 0.778. The molecule has 2 aromatic carbocycles. The first kappa shape index (κ1) is 10.1. The van der Waals surface area contributed by atoms with Crippen molar-refractivity contribution in [1.82, 2.24) is 0 Å². The van der Waals surface area contributed by atoms with Gasteiger partial charge in [-0.05, 0) is 11.6 Å². The molecular weight excluding hydrogens is 214 g/mol. The smallest absolute Gasteiger partial charge is 0.265 e. The van der Waals surface area contributed by atoms with E-state index >= 15 is 0 Å². The van der Waals surface area contributed by atoms with E-state index in [1.807, 2.05) is 30.3 Å². The van der Waals surface area contributed by atoms with Crippen molar-refractivity contribution in [3.05, 3.63) is 65.7 Å². The molecular formula is C14H11NO2. The van der Waals surface area contributed by atoms with Crippen LogP contribution in [0, 0.1) is 0 Å². The van der Waals surface area contributed by atoms with E-state index in [1.165, 1.54) is 0 Å². The molecule has 0 aliphatic carbocycles. The van der Waals surface area contributed by atoms with Gasteiger partial charge in [-0.1, -0.05) is 48.5 Å². The minimum atomic E-state index is -1.57. The molecule has 3 nitrogen and oxygen atoms in total. The Morgan fingerprint density at radius 1 is 0.941 bits per heavy atom. The number of anilines is 1. The molecule has 0 aromatic heterocycles. The molecule has 1 aliphatic heterocycles. The van der Waals surface area contributed by atoms with Crippen LogP contribution in [0.4, 0.5) is 5.69 Å². The molecule has 2 aromatic rings. The number of benzene rings is 2. The summed E-state index contributed by atoms with van der Waals surface area (Å²) in [4.78, 5) is 12.0. The standard InChI is InChI=1S/C14H11NO2/c16-13-14(17,10-6-2-1-3-7-10)11-8-4-5-9-12(11)15-13/h1-9,17H,(H,15,16)/t14-/m1/s1. The third kappa shape index (κ3) is 1.29. The van der Waals surface area contributed by atoms with Crippen LogP contribution in [0.3, 0.4) is 0 Å². The summed E-state index contributed by atoms with van der Waals surface area (Å²) in [6, 6.07) is 16.2. The molecule has 17 heavy (non-hydrogen) atoms. The van der Waals surface area contributed by atoms with Crippen LogP contribution in [0.5, 0.6) is 0 Å². The number of carbonyl (C=O) groups excluding carboxylic acids is 1. The van der Waals surface area contributed by atoms with Gasteiger partial charge in [0.15, 0.2) is 5.60 Å². The molecule has 1 atom stereocenters. The lowest BCUT2D eigenvalue weighted by Crippen LogP contribution is -2.35. The molecule has 3 heteroatoms. The van der Waals surface area contributed by atoms with Crippen LogP contribution in [0.25, 0.3) is 0 Å². The monoisotopic (exact) mass is 225 g/mol. The van der Waals surface area contributed by atoms with Crippen molar-refractivity contribution in [2.45, 2.75) is 5.60 Å². The van der Waals surface area contributed by atoms with E-state index in [4.69, 9.17) is 0 Å². The van der Waals surface area contributed by atoms with Gasteiger partial charge in [-0.3, -0.25) is 4.79 Å². The molecule has 3 rings (SSSR count). The summed E-state index contributed by atoms with van der Waals surface area (Å²) in [5.41, 5.74) is 0.292. The van der Waals surface area contributed by atoms with E-state index in [9.17, 15) is 9.90 Å². The van der Waals surface area contributed by atoms with Gasteiger partial charge in [0.1, 0.15) is 0 Å². The van der Waals surface area contributed by atoms with E-state index in [1.54, 1.807) is 24.3 Å². The Kier molecular flexibility index (Phi) is 2.03. The second-order valence-corrected chi connectivity index (χ2v) is 4.08. The first-order chi connectivity index (χ1) is 8.23. The molecule has 0 spiro atoms. The number of para-hydroxylation sites is 1. The van der Waals surface area contributed by atoms with Gasteiger partial charge in [-0.15, -0.1) is 0 Å². The fourth-order valence-corrected chi connectivity index (χ4v) is 2.21. The zero-order valence-electron chi connectivity index (χ0n) is 9.05. The second-order valence-electron chi connectivity index (χ2n) is 4.08. The number of aliphatic hydroxyl groups is 1. The summed E-state index contributed by atoms with van der Waals surface area (Å²) in [6.45, 7) is 0. The minimum absolute atomic E-state index is 0.398. The van der Waals surface area contributed by atoms with Crippen molar-refractivity contribution in [2.75, 3.05) is 5.32 Å². The van der Waals surface area contributed by atoms with Crippen molar-refractivity contribution in [2.24, 2.45) is 0 Å². The van der Waals surface area contributed by atoms with Crippen molar-refractivity contribution >= 4 is 11.6 Å². The van der Waals surface area contributed by atoms with Crippen LogP contribution in [-0.4, -0.2) is 11.0 Å². The number of nitrogens with one attached hydrogen (secondary N) is 1. The summed E-state index contributed by atoms with van der Waals surface area (Å²) >= 11 is 0. The fraction of sp³-hybridized carbons (Fsp3) is 0.0714. The Morgan fingerprint density at radius 2 is 1.59 bits per heavy atom. The van der Waals surface area contributed by atoms with Crippen LogP contribution < -0.4 is 5.32 Å². The Bertz CT molecular complexity index is 580. The lowest BCUT2D eigenvalue weighted by molar-refractivity contribution is -0.129. The number of amides is 1. The molecule has 0 fully saturated rings. The van der Waals surface area contributed by atoms with E-state index in [-0.39, 0.29) is 0 Å². The molecule has 84 valence electrons. The Labute approximate surface area is 98.7 Å². The Morgan fingerprint density at radius 3 is 2.35 bits per heavy atom. The molecule has 1 aliphatic rings. The second kappa shape index (κ2) is 3.43. The van der Waals surface area contributed by atoms with E-state index in [0.717, 1.165) is 0 Å². The van der Waals surface area contributed by atoms with Gasteiger partial charge in [0.2, 0.25) is 0 Å². The predicted octanol–water partition coefficient (Wildman–Crippen LogP) is 1.87. The molecule has 1 amide bonds. The zero-order chi connectivity index (χ0) is 11.9.